The first-order chi connectivity index (χ1) is 16.5. The van der Waals surface area contributed by atoms with E-state index in [0.29, 0.717) is 42.4 Å². The normalized spacial score (nSPS) is 20.3. The number of aromatic nitrogens is 2. The third kappa shape index (κ3) is 5.47. The Labute approximate surface area is 200 Å². The molecule has 2 atom stereocenters. The molecule has 1 aliphatic carbocycles. The van der Waals surface area contributed by atoms with Crippen LogP contribution in [0.25, 0.3) is 11.1 Å². The maximum Gasteiger partial charge on any atom is 0.208 e. The molecule has 0 saturated heterocycles. The Morgan fingerprint density at radius 1 is 1.11 bits per heavy atom. The van der Waals surface area contributed by atoms with Crippen molar-refractivity contribution in [1.29, 1.82) is 0 Å². The van der Waals surface area contributed by atoms with E-state index in [0.717, 1.165) is 18.4 Å². The summed E-state index contributed by atoms with van der Waals surface area (Å²) in [5.74, 6) is -3.40. The molecule has 0 aliphatic heterocycles. The van der Waals surface area contributed by atoms with E-state index in [1.165, 1.54) is 18.3 Å². The van der Waals surface area contributed by atoms with Crippen LogP contribution in [-0.4, -0.2) is 40.9 Å². The second-order valence-electron chi connectivity index (χ2n) is 8.91. The number of aromatic hydroxyl groups is 1. The smallest absolute Gasteiger partial charge is 0.208 e. The first-order valence-corrected chi connectivity index (χ1v) is 12.8. The summed E-state index contributed by atoms with van der Waals surface area (Å²) >= 11 is 0. The highest BCUT2D eigenvalue weighted by Gasteiger charge is 2.44. The lowest BCUT2D eigenvalue weighted by Gasteiger charge is -2.29. The number of sulfonamides is 1. The Kier molecular flexibility index (Phi) is 6.85. The zero-order valence-corrected chi connectivity index (χ0v) is 19.6. The van der Waals surface area contributed by atoms with Gasteiger partial charge in [-0.3, -0.25) is 0 Å². The van der Waals surface area contributed by atoms with Crippen molar-refractivity contribution in [3.63, 3.8) is 0 Å². The average molecular weight is 508 g/mol. The van der Waals surface area contributed by atoms with E-state index in [2.05, 4.69) is 14.7 Å². The van der Waals surface area contributed by atoms with E-state index in [-0.39, 0.29) is 30.2 Å². The number of phenolic OH excluding ortho intramolecular Hbond substituents is 1. The summed E-state index contributed by atoms with van der Waals surface area (Å²) in [6.45, 7) is -0.304. The number of phenols is 1. The molecule has 0 spiro atoms. The number of hydrogen-bond acceptors (Lipinski definition) is 6. The Bertz CT molecular complexity index is 1370. The number of halogens is 3. The van der Waals surface area contributed by atoms with Crippen LogP contribution in [0.5, 0.6) is 5.75 Å². The van der Waals surface area contributed by atoms with Crippen LogP contribution in [0, 0.1) is 17.5 Å². The molecule has 0 amide bonds. The van der Waals surface area contributed by atoms with E-state index < -0.39 is 38.6 Å². The van der Waals surface area contributed by atoms with Gasteiger partial charge in [0.25, 0.3) is 0 Å². The molecule has 4 rings (SSSR count). The number of nitrogens with one attached hydrogen (secondary N) is 1. The van der Waals surface area contributed by atoms with Gasteiger partial charge in [0.1, 0.15) is 17.5 Å². The summed E-state index contributed by atoms with van der Waals surface area (Å²) in [5.41, 5.74) is -0.283. The Hall–Kier alpha value is -3.02. The van der Waals surface area contributed by atoms with Gasteiger partial charge in [-0.15, -0.1) is 0 Å². The van der Waals surface area contributed by atoms with E-state index in [1.807, 2.05) is 0 Å². The van der Waals surface area contributed by atoms with Crippen molar-refractivity contribution >= 4 is 10.0 Å². The van der Waals surface area contributed by atoms with Gasteiger partial charge in [0.2, 0.25) is 10.0 Å². The number of benzene rings is 2. The van der Waals surface area contributed by atoms with Gasteiger partial charge in [-0.2, -0.15) is 0 Å². The highest BCUT2D eigenvalue weighted by atomic mass is 32.2. The van der Waals surface area contributed by atoms with Crippen molar-refractivity contribution in [2.45, 2.75) is 43.7 Å². The summed E-state index contributed by atoms with van der Waals surface area (Å²) in [6.07, 6.45) is 4.20. The molecule has 0 radical (unpaired) electrons. The Morgan fingerprint density at radius 2 is 1.89 bits per heavy atom. The summed E-state index contributed by atoms with van der Waals surface area (Å²) in [7, 11) is -3.47. The van der Waals surface area contributed by atoms with Gasteiger partial charge in [-0.25, -0.2) is 36.3 Å². The Balaban J connectivity index is 1.76. The summed E-state index contributed by atoms with van der Waals surface area (Å²) in [4.78, 5) is 8.85. The van der Waals surface area contributed by atoms with Crippen LogP contribution in [0.1, 0.15) is 36.3 Å². The largest absolute Gasteiger partial charge is 0.504 e. The first-order valence-electron chi connectivity index (χ1n) is 10.9. The fourth-order valence-electron chi connectivity index (χ4n) is 4.76. The van der Waals surface area contributed by atoms with Crippen LogP contribution in [0.3, 0.4) is 0 Å². The number of rotatable bonds is 7. The lowest BCUT2D eigenvalue weighted by molar-refractivity contribution is 0.274. The topological polar surface area (TPSA) is 112 Å². The predicted molar refractivity (Wildman–Crippen MR) is 122 cm³/mol. The highest BCUT2D eigenvalue weighted by molar-refractivity contribution is 7.88. The van der Waals surface area contributed by atoms with E-state index >= 15 is 0 Å². The minimum atomic E-state index is -3.47. The molecule has 2 aromatic carbocycles. The minimum absolute atomic E-state index is 0.178. The van der Waals surface area contributed by atoms with Crippen LogP contribution >= 0.6 is 0 Å². The van der Waals surface area contributed by atoms with Crippen LogP contribution in [-0.2, 0) is 28.5 Å². The number of aliphatic hydroxyl groups excluding tert-OH is 1. The maximum absolute atomic E-state index is 14.7. The molecular formula is C24H24F3N3O4S. The molecule has 1 heterocycles. The van der Waals surface area contributed by atoms with Crippen LogP contribution in [0.15, 0.2) is 42.6 Å². The second kappa shape index (κ2) is 9.56. The molecule has 186 valence electrons. The molecule has 1 aromatic heterocycles. The van der Waals surface area contributed by atoms with Crippen molar-refractivity contribution in [1.82, 2.24) is 14.7 Å². The third-order valence-corrected chi connectivity index (χ3v) is 6.99. The molecule has 11 heteroatoms. The second-order valence-corrected chi connectivity index (χ2v) is 10.7. The molecule has 7 nitrogen and oxygen atoms in total. The average Bonchev–Trinajstić information content (AvgIpc) is 3.19. The first kappa shape index (κ1) is 25.1. The zero-order chi connectivity index (χ0) is 25.4. The SMILES string of the molecule is CS(=O)(=O)N[C@H]1CC[C@](Cc2ccc(F)c(-c3cc(F)cc(F)c3O)c2)(c2nccc(CO)n2)C1. The summed E-state index contributed by atoms with van der Waals surface area (Å²) in [6, 6.07) is 6.61. The van der Waals surface area contributed by atoms with Gasteiger partial charge < -0.3 is 10.2 Å². The highest BCUT2D eigenvalue weighted by Crippen LogP contribution is 2.43. The Morgan fingerprint density at radius 3 is 2.60 bits per heavy atom. The minimum Gasteiger partial charge on any atom is -0.504 e. The van der Waals surface area contributed by atoms with E-state index in [4.69, 9.17) is 0 Å². The number of hydrogen-bond donors (Lipinski definition) is 3. The molecule has 0 unspecified atom stereocenters. The zero-order valence-electron chi connectivity index (χ0n) is 18.8. The standard InChI is InChI=1S/C24H24F3N3O4S/c1-35(33,34)30-16-4-6-24(12-16,23-28-7-5-17(13-31)29-23)11-14-2-3-20(26)18(8-14)19-9-15(25)10-21(27)22(19)32/h2-3,5,7-10,16,30-32H,4,6,11-13H2,1H3/t16-,24+/m0/s1. The lowest BCUT2D eigenvalue weighted by atomic mass is 9.78. The monoisotopic (exact) mass is 507 g/mol. The maximum atomic E-state index is 14.7. The summed E-state index contributed by atoms with van der Waals surface area (Å²) < 4.78 is 68.7. The molecule has 1 saturated carbocycles. The van der Waals surface area contributed by atoms with E-state index in [1.54, 1.807) is 6.07 Å². The molecular weight excluding hydrogens is 483 g/mol. The van der Waals surface area contributed by atoms with Crippen molar-refractivity contribution in [3.05, 3.63) is 77.1 Å². The van der Waals surface area contributed by atoms with Gasteiger partial charge in [0.15, 0.2) is 11.6 Å². The van der Waals surface area contributed by atoms with Gasteiger partial charge in [-0.05, 0) is 55.5 Å². The summed E-state index contributed by atoms with van der Waals surface area (Å²) in [5, 5.41) is 19.6. The molecule has 3 N–H and O–H groups in total. The van der Waals surface area contributed by atoms with Crippen molar-refractivity contribution in [2.75, 3.05) is 6.26 Å². The molecule has 1 aliphatic rings. The van der Waals surface area contributed by atoms with Crippen molar-refractivity contribution < 1.29 is 31.8 Å². The fourth-order valence-corrected chi connectivity index (χ4v) is 5.57. The molecule has 0 bridgehead atoms. The molecule has 3 aromatic rings. The van der Waals surface area contributed by atoms with Gasteiger partial charge >= 0.3 is 0 Å². The number of nitrogens with zero attached hydrogens (tertiary/aromatic N) is 2. The number of aliphatic hydroxyl groups is 1. The van der Waals surface area contributed by atoms with Crippen LogP contribution in [0.4, 0.5) is 13.2 Å². The van der Waals surface area contributed by atoms with Crippen molar-refractivity contribution in [3.8, 4) is 16.9 Å². The quantitative estimate of drug-likeness (QED) is 0.452. The van der Waals surface area contributed by atoms with Gasteiger partial charge in [-0.1, -0.05) is 6.07 Å². The fraction of sp³-hybridized carbons (Fsp3) is 0.333. The van der Waals surface area contributed by atoms with Crippen molar-refractivity contribution in [2.24, 2.45) is 0 Å². The molecule has 35 heavy (non-hydrogen) atoms. The third-order valence-electron chi connectivity index (χ3n) is 6.23. The van der Waals surface area contributed by atoms with Crippen LogP contribution < -0.4 is 4.72 Å². The van der Waals surface area contributed by atoms with Crippen LogP contribution in [0.2, 0.25) is 0 Å². The lowest BCUT2D eigenvalue weighted by Crippen LogP contribution is -2.35. The predicted octanol–water partition coefficient (Wildman–Crippen LogP) is 3.34. The van der Waals surface area contributed by atoms with Gasteiger partial charge in [0.05, 0.1) is 18.6 Å². The molecule has 1 fully saturated rings. The van der Waals surface area contributed by atoms with E-state index in [9.17, 15) is 31.8 Å². The van der Waals surface area contributed by atoms with Gasteiger partial charge in [0, 0.05) is 34.8 Å².